The van der Waals surface area contributed by atoms with Crippen LogP contribution in [0.4, 0.5) is 0 Å². The third-order valence-electron chi connectivity index (χ3n) is 0.434. The molecule has 1 rings (SSSR count). The quantitative estimate of drug-likeness (QED) is 0.473. The molecule has 2 nitrogen and oxygen atoms in total. The lowest BCUT2D eigenvalue weighted by Crippen LogP contribution is -1.67. The van der Waals surface area contributed by atoms with Gasteiger partial charge in [-0.15, -0.1) is 0 Å². The summed E-state index contributed by atoms with van der Waals surface area (Å²) >= 11 is 0. The van der Waals surface area contributed by atoms with E-state index >= 15 is 0 Å². The van der Waals surface area contributed by atoms with Crippen LogP contribution in [0.15, 0.2) is 18.6 Å². The average Bonchev–Trinajstić information content (AvgIpc) is 1.72. The molecule has 0 bridgehead atoms. The molecule has 0 saturated carbocycles. The SMILES string of the molecule is [CH3].[c]1cnccn1. The van der Waals surface area contributed by atoms with Gasteiger partial charge in [-0.2, -0.15) is 0 Å². The zero-order valence-corrected chi connectivity index (χ0v) is 4.13. The van der Waals surface area contributed by atoms with Crippen LogP contribution in [0.2, 0.25) is 0 Å². The van der Waals surface area contributed by atoms with Crippen LogP contribution in [0.3, 0.4) is 0 Å². The van der Waals surface area contributed by atoms with Crippen LogP contribution in [0.25, 0.3) is 0 Å². The van der Waals surface area contributed by atoms with Crippen molar-refractivity contribution >= 4 is 0 Å². The molecule has 36 valence electrons. The highest BCUT2D eigenvalue weighted by Gasteiger charge is 1.60. The van der Waals surface area contributed by atoms with Crippen molar-refractivity contribution in [2.45, 2.75) is 0 Å². The van der Waals surface area contributed by atoms with Crippen molar-refractivity contribution in [2.24, 2.45) is 0 Å². The van der Waals surface area contributed by atoms with E-state index in [4.69, 9.17) is 0 Å². The van der Waals surface area contributed by atoms with E-state index in [0.717, 1.165) is 0 Å². The van der Waals surface area contributed by atoms with E-state index in [0.29, 0.717) is 0 Å². The Labute approximate surface area is 43.2 Å². The Balaban J connectivity index is 0.000000360. The summed E-state index contributed by atoms with van der Waals surface area (Å²) < 4.78 is 0. The van der Waals surface area contributed by atoms with Gasteiger partial charge in [-0.25, -0.2) is 0 Å². The molecule has 0 aliphatic rings. The molecular formula is C5H6N2. The Morgan fingerprint density at radius 2 is 2.14 bits per heavy atom. The van der Waals surface area contributed by atoms with Crippen molar-refractivity contribution in [1.82, 2.24) is 9.97 Å². The third-order valence-corrected chi connectivity index (χ3v) is 0.434. The van der Waals surface area contributed by atoms with Crippen LogP contribution in [0.1, 0.15) is 0 Å². The highest BCUT2D eigenvalue weighted by atomic mass is 14.7. The predicted octanol–water partition coefficient (Wildman–Crippen LogP) is 0.727. The number of hydrogen-bond acceptors (Lipinski definition) is 2. The Morgan fingerprint density at radius 3 is 2.29 bits per heavy atom. The van der Waals surface area contributed by atoms with Crippen LogP contribution >= 0.6 is 0 Å². The fraction of sp³-hybridized carbons (Fsp3) is 0. The average molecular weight is 94.1 g/mol. The molecule has 0 N–H and O–H groups in total. The summed E-state index contributed by atoms with van der Waals surface area (Å²) in [4.78, 5) is 7.26. The molecule has 0 aliphatic heterocycles. The van der Waals surface area contributed by atoms with E-state index in [1.165, 1.54) is 6.20 Å². The molecule has 0 spiro atoms. The van der Waals surface area contributed by atoms with Crippen LogP contribution in [-0.2, 0) is 0 Å². The Kier molecular flexibility index (Phi) is 2.85. The van der Waals surface area contributed by atoms with Gasteiger partial charge < -0.3 is 0 Å². The first-order chi connectivity index (χ1) is 3.00. The summed E-state index contributed by atoms with van der Waals surface area (Å²) in [5.74, 6) is 0. The lowest BCUT2D eigenvalue weighted by molar-refractivity contribution is 1.19. The number of hydrogen-bond donors (Lipinski definition) is 0. The van der Waals surface area contributed by atoms with Crippen molar-refractivity contribution in [3.8, 4) is 0 Å². The van der Waals surface area contributed by atoms with E-state index in [9.17, 15) is 0 Å². The topological polar surface area (TPSA) is 25.8 Å². The van der Waals surface area contributed by atoms with Gasteiger partial charge in [0.05, 0.1) is 6.20 Å². The zero-order chi connectivity index (χ0) is 4.24. The lowest BCUT2D eigenvalue weighted by Gasteiger charge is -1.68. The second kappa shape index (κ2) is 3.28. The van der Waals surface area contributed by atoms with Gasteiger partial charge in [0, 0.05) is 12.4 Å². The van der Waals surface area contributed by atoms with E-state index in [1.54, 1.807) is 12.4 Å². The van der Waals surface area contributed by atoms with E-state index < -0.39 is 0 Å². The van der Waals surface area contributed by atoms with Crippen LogP contribution in [0, 0.1) is 13.6 Å². The van der Waals surface area contributed by atoms with Crippen molar-refractivity contribution in [3.63, 3.8) is 0 Å². The van der Waals surface area contributed by atoms with Gasteiger partial charge in [-0.1, -0.05) is 7.43 Å². The molecule has 1 aromatic heterocycles. The molecule has 0 saturated heterocycles. The minimum Gasteiger partial charge on any atom is -0.261 e. The first-order valence-electron chi connectivity index (χ1n) is 1.62. The summed E-state index contributed by atoms with van der Waals surface area (Å²) in [7, 11) is 0. The van der Waals surface area contributed by atoms with Crippen molar-refractivity contribution in [3.05, 3.63) is 32.2 Å². The van der Waals surface area contributed by atoms with E-state index in [2.05, 4.69) is 16.2 Å². The molecular weight excluding hydrogens is 88.1 g/mol. The molecule has 2 radical (unpaired) electrons. The lowest BCUT2D eigenvalue weighted by atomic mass is 10.8. The summed E-state index contributed by atoms with van der Waals surface area (Å²) in [6, 6.07) is 0. The first-order valence-corrected chi connectivity index (χ1v) is 1.62. The number of aromatic nitrogens is 2. The van der Waals surface area contributed by atoms with Crippen molar-refractivity contribution < 1.29 is 0 Å². The normalized spacial score (nSPS) is 6.86. The highest BCUT2D eigenvalue weighted by molar-refractivity contribution is 4.68. The fourth-order valence-corrected chi connectivity index (χ4v) is 0.225. The van der Waals surface area contributed by atoms with Crippen LogP contribution in [0.5, 0.6) is 0 Å². The minimum atomic E-state index is 0. The predicted molar refractivity (Wildman–Crippen MR) is 27.3 cm³/mol. The maximum Gasteiger partial charge on any atom is 0.108 e. The molecule has 7 heavy (non-hydrogen) atoms. The smallest absolute Gasteiger partial charge is 0.108 e. The largest absolute Gasteiger partial charge is 0.261 e. The Hall–Kier alpha value is -0.920. The van der Waals surface area contributed by atoms with Gasteiger partial charge >= 0.3 is 0 Å². The number of rotatable bonds is 0. The van der Waals surface area contributed by atoms with Gasteiger partial charge in [-0.3, -0.25) is 9.97 Å². The second-order valence-electron chi connectivity index (χ2n) is 0.835. The zero-order valence-electron chi connectivity index (χ0n) is 4.13. The molecule has 0 amide bonds. The van der Waals surface area contributed by atoms with Crippen molar-refractivity contribution in [1.29, 1.82) is 0 Å². The molecule has 0 aromatic carbocycles. The van der Waals surface area contributed by atoms with E-state index in [1.807, 2.05) is 0 Å². The minimum absolute atomic E-state index is 0. The molecule has 1 aromatic rings. The third kappa shape index (κ3) is 1.87. The van der Waals surface area contributed by atoms with Gasteiger partial charge in [0.15, 0.2) is 0 Å². The molecule has 1 heterocycles. The van der Waals surface area contributed by atoms with Crippen LogP contribution < -0.4 is 0 Å². The molecule has 0 unspecified atom stereocenters. The van der Waals surface area contributed by atoms with Crippen LogP contribution in [-0.4, -0.2) is 9.97 Å². The van der Waals surface area contributed by atoms with E-state index in [-0.39, 0.29) is 7.43 Å². The monoisotopic (exact) mass is 94.1 g/mol. The van der Waals surface area contributed by atoms with Gasteiger partial charge in [0.2, 0.25) is 0 Å². The fourth-order valence-electron chi connectivity index (χ4n) is 0.225. The van der Waals surface area contributed by atoms with Gasteiger partial charge in [-0.05, 0) is 0 Å². The summed E-state index contributed by atoms with van der Waals surface area (Å²) in [6.45, 7) is 0. The Bertz CT molecular complexity index is 78.0. The second-order valence-corrected chi connectivity index (χ2v) is 0.835. The highest BCUT2D eigenvalue weighted by Crippen LogP contribution is 1.64. The molecule has 0 aliphatic carbocycles. The molecule has 0 fully saturated rings. The maximum atomic E-state index is 3.67. The summed E-state index contributed by atoms with van der Waals surface area (Å²) in [5.41, 5.74) is 0. The summed E-state index contributed by atoms with van der Waals surface area (Å²) in [5, 5.41) is 0. The van der Waals surface area contributed by atoms with Gasteiger partial charge in [0.25, 0.3) is 0 Å². The molecule has 2 heteroatoms. The maximum absolute atomic E-state index is 3.67. The van der Waals surface area contributed by atoms with Gasteiger partial charge in [0.1, 0.15) is 6.20 Å². The Morgan fingerprint density at radius 1 is 1.29 bits per heavy atom. The summed E-state index contributed by atoms with van der Waals surface area (Å²) in [6.07, 6.45) is 7.24. The van der Waals surface area contributed by atoms with Crippen molar-refractivity contribution in [2.75, 3.05) is 0 Å². The number of nitrogens with zero attached hydrogens (tertiary/aromatic N) is 2. The standard InChI is InChI=1S/C4H3N2.CH3/c1-2-6-4-3-5-1;/h1-3H;1H3. The molecule has 0 atom stereocenters. The first kappa shape index (κ1) is 6.08.